The molecule has 1 saturated heterocycles. The highest BCUT2D eigenvalue weighted by molar-refractivity contribution is 5.24. The second-order valence-corrected chi connectivity index (χ2v) is 4.02. The third-order valence-electron chi connectivity index (χ3n) is 3.19. The van der Waals surface area contributed by atoms with Gasteiger partial charge in [0.1, 0.15) is 11.6 Å². The molecule has 0 spiro atoms. The van der Waals surface area contributed by atoms with Crippen molar-refractivity contribution in [1.82, 2.24) is 5.32 Å². The third kappa shape index (κ3) is 1.88. The van der Waals surface area contributed by atoms with Crippen LogP contribution < -0.4 is 5.32 Å². The minimum Gasteiger partial charge on any atom is -0.309 e. The normalized spacial score (nSPS) is 25.8. The minimum atomic E-state index is -0.437. The van der Waals surface area contributed by atoms with E-state index >= 15 is 0 Å². The van der Waals surface area contributed by atoms with Crippen molar-refractivity contribution < 1.29 is 8.78 Å². The molecule has 1 heterocycles. The van der Waals surface area contributed by atoms with Crippen LogP contribution in [0.1, 0.15) is 31.4 Å². The van der Waals surface area contributed by atoms with E-state index in [2.05, 4.69) is 12.2 Å². The van der Waals surface area contributed by atoms with Crippen LogP contribution in [0.4, 0.5) is 8.78 Å². The van der Waals surface area contributed by atoms with Crippen molar-refractivity contribution in [1.29, 1.82) is 0 Å². The van der Waals surface area contributed by atoms with E-state index in [1.807, 2.05) is 0 Å². The summed E-state index contributed by atoms with van der Waals surface area (Å²) in [5, 5.41) is 3.18. The van der Waals surface area contributed by atoms with Crippen molar-refractivity contribution in [3.63, 3.8) is 0 Å². The fourth-order valence-electron chi connectivity index (χ4n) is 2.34. The Morgan fingerprint density at radius 1 is 1.33 bits per heavy atom. The van der Waals surface area contributed by atoms with Crippen LogP contribution in [0, 0.1) is 17.6 Å². The molecule has 82 valence electrons. The van der Waals surface area contributed by atoms with E-state index in [4.69, 9.17) is 0 Å². The van der Waals surface area contributed by atoms with E-state index in [1.54, 1.807) is 0 Å². The molecule has 0 amide bonds. The second-order valence-electron chi connectivity index (χ2n) is 4.02. The van der Waals surface area contributed by atoms with Gasteiger partial charge in [-0.2, -0.15) is 0 Å². The van der Waals surface area contributed by atoms with Gasteiger partial charge < -0.3 is 5.32 Å². The molecule has 1 aliphatic rings. The highest BCUT2D eigenvalue weighted by Gasteiger charge is 2.30. The largest absolute Gasteiger partial charge is 0.309 e. The highest BCUT2D eigenvalue weighted by atomic mass is 19.1. The first-order valence-electron chi connectivity index (χ1n) is 5.41. The Bertz CT molecular complexity index is 331. The molecule has 2 unspecified atom stereocenters. The number of halogens is 2. The molecule has 1 aliphatic heterocycles. The van der Waals surface area contributed by atoms with Crippen molar-refractivity contribution in [3.05, 3.63) is 35.4 Å². The summed E-state index contributed by atoms with van der Waals surface area (Å²) in [5.41, 5.74) is 0.210. The summed E-state index contributed by atoms with van der Waals surface area (Å²) in [4.78, 5) is 0. The Kier molecular flexibility index (Phi) is 3.00. The highest BCUT2D eigenvalue weighted by Crippen LogP contribution is 2.34. The second kappa shape index (κ2) is 4.27. The van der Waals surface area contributed by atoms with Gasteiger partial charge in [-0.25, -0.2) is 8.78 Å². The van der Waals surface area contributed by atoms with Crippen LogP contribution in [-0.4, -0.2) is 6.54 Å². The fourth-order valence-corrected chi connectivity index (χ4v) is 2.34. The molecule has 1 fully saturated rings. The Morgan fingerprint density at radius 2 is 2.00 bits per heavy atom. The molecule has 3 heteroatoms. The number of nitrogens with one attached hydrogen (secondary N) is 1. The molecular weight excluding hydrogens is 196 g/mol. The maximum Gasteiger partial charge on any atom is 0.130 e. The van der Waals surface area contributed by atoms with E-state index in [0.29, 0.717) is 5.92 Å². The zero-order valence-electron chi connectivity index (χ0n) is 8.76. The zero-order valence-corrected chi connectivity index (χ0v) is 8.76. The van der Waals surface area contributed by atoms with Gasteiger partial charge >= 0.3 is 0 Å². The van der Waals surface area contributed by atoms with Crippen LogP contribution in [0.15, 0.2) is 18.2 Å². The quantitative estimate of drug-likeness (QED) is 0.792. The molecule has 0 aliphatic carbocycles. The average Bonchev–Trinajstić information content (AvgIpc) is 2.65. The van der Waals surface area contributed by atoms with Crippen molar-refractivity contribution in [2.45, 2.75) is 25.8 Å². The van der Waals surface area contributed by atoms with Gasteiger partial charge in [0.05, 0.1) is 0 Å². The van der Waals surface area contributed by atoms with E-state index in [9.17, 15) is 8.78 Å². The first-order valence-corrected chi connectivity index (χ1v) is 5.41. The van der Waals surface area contributed by atoms with E-state index < -0.39 is 11.6 Å². The number of rotatable bonds is 2. The molecule has 0 bridgehead atoms. The average molecular weight is 211 g/mol. The van der Waals surface area contributed by atoms with Crippen LogP contribution in [0.3, 0.4) is 0 Å². The van der Waals surface area contributed by atoms with Gasteiger partial charge in [-0.3, -0.25) is 0 Å². The summed E-state index contributed by atoms with van der Waals surface area (Å²) in [6.07, 6.45) is 1.94. The Labute approximate surface area is 88.5 Å². The van der Waals surface area contributed by atoms with E-state index in [-0.39, 0.29) is 11.6 Å². The molecule has 1 aromatic carbocycles. The summed E-state index contributed by atoms with van der Waals surface area (Å²) in [6, 6.07) is 3.90. The van der Waals surface area contributed by atoms with Gasteiger partial charge in [-0.15, -0.1) is 0 Å². The molecule has 2 rings (SSSR count). The Morgan fingerprint density at radius 3 is 2.60 bits per heavy atom. The first kappa shape index (κ1) is 10.6. The van der Waals surface area contributed by atoms with E-state index in [1.165, 1.54) is 18.2 Å². The van der Waals surface area contributed by atoms with Crippen molar-refractivity contribution in [3.8, 4) is 0 Å². The summed E-state index contributed by atoms with van der Waals surface area (Å²) >= 11 is 0. The lowest BCUT2D eigenvalue weighted by Crippen LogP contribution is -2.20. The van der Waals surface area contributed by atoms with Crippen molar-refractivity contribution in [2.75, 3.05) is 6.54 Å². The number of hydrogen-bond acceptors (Lipinski definition) is 1. The molecule has 15 heavy (non-hydrogen) atoms. The smallest absolute Gasteiger partial charge is 0.130 e. The molecular formula is C12H15F2N. The van der Waals surface area contributed by atoms with Gasteiger partial charge in [0.2, 0.25) is 0 Å². The number of benzene rings is 1. The van der Waals surface area contributed by atoms with Gasteiger partial charge in [0, 0.05) is 11.6 Å². The monoisotopic (exact) mass is 211 g/mol. The molecule has 1 nitrogen and oxygen atoms in total. The summed E-state index contributed by atoms with van der Waals surface area (Å²) in [7, 11) is 0. The maximum absolute atomic E-state index is 13.5. The molecule has 0 radical (unpaired) electrons. The topological polar surface area (TPSA) is 12.0 Å². The van der Waals surface area contributed by atoms with E-state index in [0.717, 1.165) is 19.4 Å². The van der Waals surface area contributed by atoms with Crippen molar-refractivity contribution >= 4 is 0 Å². The van der Waals surface area contributed by atoms with Crippen LogP contribution in [0.25, 0.3) is 0 Å². The summed E-state index contributed by atoms with van der Waals surface area (Å²) in [6.45, 7) is 2.90. The van der Waals surface area contributed by atoms with Gasteiger partial charge in [-0.1, -0.05) is 19.4 Å². The Hall–Kier alpha value is -0.960. The van der Waals surface area contributed by atoms with Crippen LogP contribution in [0.2, 0.25) is 0 Å². The molecule has 0 aromatic heterocycles. The van der Waals surface area contributed by atoms with Crippen LogP contribution in [0.5, 0.6) is 0 Å². The van der Waals surface area contributed by atoms with Gasteiger partial charge in [0.25, 0.3) is 0 Å². The van der Waals surface area contributed by atoms with Gasteiger partial charge in [-0.05, 0) is 31.0 Å². The molecule has 2 atom stereocenters. The molecule has 1 N–H and O–H groups in total. The predicted molar refractivity (Wildman–Crippen MR) is 55.5 cm³/mol. The standard InChI is InChI=1S/C12H15F2N/c1-2-8-6-7-15-12(8)11-9(13)4-3-5-10(11)14/h3-5,8,12,15H,2,6-7H2,1H3. The SMILES string of the molecule is CCC1CCNC1c1c(F)cccc1F. The molecule has 1 aromatic rings. The first-order chi connectivity index (χ1) is 7.24. The van der Waals surface area contributed by atoms with Gasteiger partial charge in [0.15, 0.2) is 0 Å². The summed E-state index contributed by atoms with van der Waals surface area (Å²) < 4.78 is 27.1. The maximum atomic E-state index is 13.5. The van der Waals surface area contributed by atoms with Crippen LogP contribution >= 0.6 is 0 Å². The zero-order chi connectivity index (χ0) is 10.8. The lowest BCUT2D eigenvalue weighted by molar-refractivity contribution is 0.413. The van der Waals surface area contributed by atoms with Crippen LogP contribution in [-0.2, 0) is 0 Å². The third-order valence-corrected chi connectivity index (χ3v) is 3.19. The Balaban J connectivity index is 2.36. The lowest BCUT2D eigenvalue weighted by atomic mass is 9.91. The molecule has 0 saturated carbocycles. The minimum absolute atomic E-state index is 0.156. The van der Waals surface area contributed by atoms with Crippen molar-refractivity contribution in [2.24, 2.45) is 5.92 Å². The number of hydrogen-bond donors (Lipinski definition) is 1. The fraction of sp³-hybridized carbons (Fsp3) is 0.500. The lowest BCUT2D eigenvalue weighted by Gasteiger charge is -2.19. The summed E-state index contributed by atoms with van der Waals surface area (Å²) in [5.74, 6) is -0.530. The predicted octanol–water partition coefficient (Wildman–Crippen LogP) is 3.03.